The molecular formula is C21H23N7OS. The van der Waals surface area contributed by atoms with Crippen LogP contribution in [-0.2, 0) is 11.3 Å². The summed E-state index contributed by atoms with van der Waals surface area (Å²) in [5, 5.41) is 17.2. The van der Waals surface area contributed by atoms with Crippen LogP contribution in [-0.4, -0.2) is 42.1 Å². The monoisotopic (exact) mass is 421 g/mol. The topological polar surface area (TPSA) is 99.2 Å². The van der Waals surface area contributed by atoms with E-state index in [4.69, 9.17) is 0 Å². The summed E-state index contributed by atoms with van der Waals surface area (Å²) in [4.78, 5) is 16.2. The van der Waals surface area contributed by atoms with Crippen molar-refractivity contribution in [3.05, 3.63) is 54.1 Å². The van der Waals surface area contributed by atoms with Gasteiger partial charge in [0, 0.05) is 12.0 Å². The van der Waals surface area contributed by atoms with Crippen molar-refractivity contribution in [1.82, 2.24) is 31.1 Å². The van der Waals surface area contributed by atoms with Crippen LogP contribution in [0.1, 0.15) is 32.3 Å². The van der Waals surface area contributed by atoms with Crippen molar-refractivity contribution in [2.75, 3.05) is 0 Å². The molecule has 2 N–H and O–H groups in total. The first-order chi connectivity index (χ1) is 14.6. The highest BCUT2D eigenvalue weighted by atomic mass is 32.2. The molecule has 4 rings (SSSR count). The summed E-state index contributed by atoms with van der Waals surface area (Å²) in [6, 6.07) is 16.3. The van der Waals surface area contributed by atoms with Crippen LogP contribution < -0.4 is 5.43 Å². The van der Waals surface area contributed by atoms with Gasteiger partial charge in [-0.3, -0.25) is 9.80 Å². The number of aromatic amines is 1. The van der Waals surface area contributed by atoms with Gasteiger partial charge in [-0.15, -0.1) is 10.2 Å². The van der Waals surface area contributed by atoms with Crippen LogP contribution in [0.25, 0.3) is 22.5 Å². The highest BCUT2D eigenvalue weighted by Gasteiger charge is 2.26. The van der Waals surface area contributed by atoms with Crippen molar-refractivity contribution < 1.29 is 4.79 Å². The lowest BCUT2D eigenvalue weighted by Crippen LogP contribution is -2.36. The Balaban J connectivity index is 1.53. The lowest BCUT2D eigenvalue weighted by atomic mass is 9.98. The number of benzene rings is 2. The number of carbonyl (C=O) groups excluding carboxylic acids is 1. The second kappa shape index (κ2) is 9.19. The van der Waals surface area contributed by atoms with Gasteiger partial charge in [0.25, 0.3) is 0 Å². The van der Waals surface area contributed by atoms with E-state index in [0.29, 0.717) is 18.8 Å². The molecule has 0 spiro atoms. The van der Waals surface area contributed by atoms with E-state index in [1.807, 2.05) is 36.2 Å². The summed E-state index contributed by atoms with van der Waals surface area (Å²) in [5.74, 6) is 0.494. The molecule has 0 aliphatic carbocycles. The summed E-state index contributed by atoms with van der Waals surface area (Å²) >= 11 is 1.57. The van der Waals surface area contributed by atoms with Gasteiger partial charge in [0.2, 0.25) is 11.7 Å². The third kappa shape index (κ3) is 4.58. The summed E-state index contributed by atoms with van der Waals surface area (Å²) in [6.45, 7) is 4.67. The number of amides is 1. The van der Waals surface area contributed by atoms with Gasteiger partial charge >= 0.3 is 0 Å². The van der Waals surface area contributed by atoms with Crippen LogP contribution in [0.5, 0.6) is 0 Å². The molecule has 154 valence electrons. The molecule has 0 saturated carbocycles. The fraction of sp³-hybridized carbons (Fsp3) is 0.286. The number of thioether (sulfide) groups is 1. The Bertz CT molecular complexity index is 1030. The molecule has 0 bridgehead atoms. The number of amidine groups is 1. The van der Waals surface area contributed by atoms with Crippen molar-refractivity contribution in [2.24, 2.45) is 4.99 Å². The van der Waals surface area contributed by atoms with E-state index in [9.17, 15) is 4.79 Å². The molecule has 1 unspecified atom stereocenters. The zero-order chi connectivity index (χ0) is 20.9. The molecule has 1 fully saturated rings. The van der Waals surface area contributed by atoms with Crippen LogP contribution in [0, 0.1) is 0 Å². The first-order valence-electron chi connectivity index (χ1n) is 9.88. The number of hydrogen-bond donors (Lipinski definition) is 2. The number of tetrazole rings is 1. The van der Waals surface area contributed by atoms with Gasteiger partial charge in [-0.05, 0) is 35.2 Å². The van der Waals surface area contributed by atoms with E-state index in [-0.39, 0.29) is 11.3 Å². The van der Waals surface area contributed by atoms with Crippen LogP contribution in [0.4, 0.5) is 0 Å². The van der Waals surface area contributed by atoms with Gasteiger partial charge in [0.15, 0.2) is 5.17 Å². The number of hydrogen-bond acceptors (Lipinski definition) is 6. The minimum atomic E-state index is -0.0747. The van der Waals surface area contributed by atoms with Crippen LogP contribution in [0.3, 0.4) is 0 Å². The molecule has 1 aliphatic rings. The highest BCUT2D eigenvalue weighted by Crippen LogP contribution is 2.30. The summed E-state index contributed by atoms with van der Waals surface area (Å²) in [5.41, 5.74) is 7.52. The van der Waals surface area contributed by atoms with Crippen LogP contribution in [0.2, 0.25) is 0 Å². The number of nitrogens with zero attached hydrogens (tertiary/aromatic N) is 5. The van der Waals surface area contributed by atoms with Crippen LogP contribution >= 0.6 is 11.8 Å². The van der Waals surface area contributed by atoms with E-state index < -0.39 is 0 Å². The van der Waals surface area contributed by atoms with E-state index >= 15 is 0 Å². The Kier molecular flexibility index (Phi) is 6.20. The van der Waals surface area contributed by atoms with Gasteiger partial charge < -0.3 is 0 Å². The average molecular weight is 422 g/mol. The Hall–Kier alpha value is -3.04. The Morgan fingerprint density at radius 1 is 1.17 bits per heavy atom. The normalized spacial score (nSPS) is 17.6. The van der Waals surface area contributed by atoms with Gasteiger partial charge in [0.1, 0.15) is 0 Å². The Morgan fingerprint density at radius 3 is 2.63 bits per heavy atom. The summed E-state index contributed by atoms with van der Waals surface area (Å²) < 4.78 is 0. The predicted molar refractivity (Wildman–Crippen MR) is 118 cm³/mol. The van der Waals surface area contributed by atoms with Gasteiger partial charge in [-0.2, -0.15) is 10.2 Å². The third-order valence-corrected chi connectivity index (χ3v) is 5.64. The fourth-order valence-electron chi connectivity index (χ4n) is 3.28. The van der Waals surface area contributed by atoms with E-state index in [1.165, 1.54) is 0 Å². The van der Waals surface area contributed by atoms with Crippen molar-refractivity contribution >= 4 is 22.8 Å². The van der Waals surface area contributed by atoms with Crippen molar-refractivity contribution in [1.29, 1.82) is 0 Å². The maximum Gasteiger partial charge on any atom is 0.248 e. The fourth-order valence-corrected chi connectivity index (χ4v) is 4.17. The third-order valence-electron chi connectivity index (χ3n) is 4.65. The minimum Gasteiger partial charge on any atom is -0.281 e. The van der Waals surface area contributed by atoms with Crippen molar-refractivity contribution in [3.8, 4) is 22.5 Å². The lowest BCUT2D eigenvalue weighted by Gasteiger charge is -2.18. The van der Waals surface area contributed by atoms with E-state index in [2.05, 4.69) is 62.2 Å². The molecule has 9 heteroatoms. The van der Waals surface area contributed by atoms with Crippen molar-refractivity contribution in [3.63, 3.8) is 0 Å². The molecule has 1 saturated heterocycles. The molecule has 8 nitrogen and oxygen atoms in total. The Labute approximate surface area is 179 Å². The first kappa shape index (κ1) is 20.2. The second-order valence-corrected chi connectivity index (χ2v) is 8.30. The number of aliphatic imine (C=N–C) groups is 1. The van der Waals surface area contributed by atoms with Crippen molar-refractivity contribution in [2.45, 2.75) is 38.6 Å². The molecule has 1 amide bonds. The van der Waals surface area contributed by atoms with E-state index in [0.717, 1.165) is 33.8 Å². The molecule has 1 aliphatic heterocycles. The number of rotatable bonds is 6. The number of aromatic nitrogens is 4. The average Bonchev–Trinajstić information content (AvgIpc) is 3.39. The zero-order valence-corrected chi connectivity index (χ0v) is 17.7. The molecule has 0 radical (unpaired) electrons. The molecule has 2 aromatic carbocycles. The lowest BCUT2D eigenvalue weighted by molar-refractivity contribution is -0.117. The summed E-state index contributed by atoms with van der Waals surface area (Å²) in [6.07, 6.45) is 1.27. The van der Waals surface area contributed by atoms with Gasteiger partial charge in [0.05, 0.1) is 11.9 Å². The molecule has 30 heavy (non-hydrogen) atoms. The number of carbonyl (C=O) groups is 1. The minimum absolute atomic E-state index is 0.0747. The SMILES string of the molecule is CCCC(=O)N=C1SC(C)NN1Cc1ccc(-c2ccccc2-c2nn[nH]n2)cc1. The maximum atomic E-state index is 12.0. The quantitative estimate of drug-likeness (QED) is 0.627. The number of nitrogens with one attached hydrogen (secondary N) is 2. The van der Waals surface area contributed by atoms with Gasteiger partial charge in [-0.1, -0.05) is 67.2 Å². The molecule has 3 aromatic rings. The highest BCUT2D eigenvalue weighted by molar-refractivity contribution is 8.14. The molecule has 1 atom stereocenters. The number of hydrazine groups is 1. The molecular weight excluding hydrogens is 398 g/mol. The largest absolute Gasteiger partial charge is 0.281 e. The first-order valence-corrected chi connectivity index (χ1v) is 10.8. The summed E-state index contributed by atoms with van der Waals surface area (Å²) in [7, 11) is 0. The maximum absolute atomic E-state index is 12.0. The predicted octanol–water partition coefficient (Wildman–Crippen LogP) is 3.62. The van der Waals surface area contributed by atoms with E-state index in [1.54, 1.807) is 11.8 Å². The molecule has 1 aromatic heterocycles. The molecule has 2 heterocycles. The second-order valence-electron chi connectivity index (χ2n) is 6.99. The smallest absolute Gasteiger partial charge is 0.248 e. The zero-order valence-electron chi connectivity index (χ0n) is 16.9. The van der Waals surface area contributed by atoms with Gasteiger partial charge in [-0.25, -0.2) is 5.43 Å². The Morgan fingerprint density at radius 2 is 1.93 bits per heavy atom. The van der Waals surface area contributed by atoms with Crippen LogP contribution in [0.15, 0.2) is 53.5 Å². The number of H-pyrrole nitrogens is 1. The standard InChI is InChI=1S/C21H23N7OS/c1-3-6-19(29)22-21-28(25-14(2)30-21)13-15-9-11-16(12-10-15)17-7-4-5-8-18(17)20-23-26-27-24-20/h4-5,7-12,14,25H,3,6,13H2,1-2H3,(H,23,24,26,27).